The van der Waals surface area contributed by atoms with Gasteiger partial charge in [-0.2, -0.15) is 0 Å². The van der Waals surface area contributed by atoms with Crippen molar-refractivity contribution in [1.82, 2.24) is 5.32 Å². The van der Waals surface area contributed by atoms with E-state index in [-0.39, 0.29) is 33.0 Å². The van der Waals surface area contributed by atoms with Crippen molar-refractivity contribution in [3.8, 4) is 0 Å². The first kappa shape index (κ1) is 20.5. The zero-order valence-electron chi connectivity index (χ0n) is 15.2. The van der Waals surface area contributed by atoms with Crippen LogP contribution in [-0.2, 0) is 14.3 Å². The fraction of sp³-hybridized carbons (Fsp3) is 0.706. The van der Waals surface area contributed by atoms with Gasteiger partial charge in [0, 0.05) is 23.5 Å². The normalized spacial score (nSPS) is 20.5. The molecule has 0 fully saturated rings. The number of rotatable bonds is 3. The molecule has 0 heterocycles. The number of aliphatic hydroxyl groups excluding tert-OH is 1. The van der Waals surface area contributed by atoms with Gasteiger partial charge in [0.25, 0.3) is 5.91 Å². The van der Waals surface area contributed by atoms with Gasteiger partial charge in [-0.1, -0.05) is 46.4 Å². The van der Waals surface area contributed by atoms with Crippen LogP contribution in [0.3, 0.4) is 0 Å². The minimum atomic E-state index is -0.891. The standard InChI is InChI=1S/C17H27NO5S/c1-16(2,3)24-12(20)9-10-13(14(21)18-15(22)23-6)11(19)7-8-17(10,4)5/h10,19H,7-9H2,1-6H3,(H,18,21,22)/t10-/m1/s1. The van der Waals surface area contributed by atoms with E-state index in [2.05, 4.69) is 10.1 Å². The maximum Gasteiger partial charge on any atom is 0.413 e. The highest BCUT2D eigenvalue weighted by Gasteiger charge is 2.42. The van der Waals surface area contributed by atoms with Crippen molar-refractivity contribution in [2.24, 2.45) is 11.3 Å². The van der Waals surface area contributed by atoms with Crippen LogP contribution in [0.1, 0.15) is 53.9 Å². The van der Waals surface area contributed by atoms with Crippen LogP contribution in [-0.4, -0.2) is 34.1 Å². The van der Waals surface area contributed by atoms with Crippen LogP contribution in [0, 0.1) is 11.3 Å². The highest BCUT2D eigenvalue weighted by molar-refractivity contribution is 8.14. The Morgan fingerprint density at radius 1 is 1.33 bits per heavy atom. The van der Waals surface area contributed by atoms with Crippen LogP contribution >= 0.6 is 11.8 Å². The maximum absolute atomic E-state index is 12.4. The zero-order chi connectivity index (χ0) is 18.7. The largest absolute Gasteiger partial charge is 0.512 e. The van der Waals surface area contributed by atoms with Gasteiger partial charge in [0.1, 0.15) is 5.76 Å². The van der Waals surface area contributed by atoms with Crippen LogP contribution in [0.4, 0.5) is 4.79 Å². The van der Waals surface area contributed by atoms with E-state index in [4.69, 9.17) is 0 Å². The molecule has 6 nitrogen and oxygen atoms in total. The van der Waals surface area contributed by atoms with Crippen molar-refractivity contribution in [2.45, 2.75) is 58.6 Å². The van der Waals surface area contributed by atoms with E-state index in [1.807, 2.05) is 34.6 Å². The first-order valence-corrected chi connectivity index (χ1v) is 8.72. The molecule has 1 rings (SSSR count). The summed E-state index contributed by atoms with van der Waals surface area (Å²) in [5.74, 6) is -1.22. The third-order valence-electron chi connectivity index (χ3n) is 4.05. The first-order chi connectivity index (χ1) is 10.9. The summed E-state index contributed by atoms with van der Waals surface area (Å²) in [6.07, 6.45) is 0.237. The third-order valence-corrected chi connectivity index (χ3v) is 5.05. The van der Waals surface area contributed by atoms with E-state index >= 15 is 0 Å². The van der Waals surface area contributed by atoms with Gasteiger partial charge in [-0.05, 0) is 11.8 Å². The molecule has 2 N–H and O–H groups in total. The summed E-state index contributed by atoms with van der Waals surface area (Å²) >= 11 is 1.22. The first-order valence-electron chi connectivity index (χ1n) is 7.90. The quantitative estimate of drug-likeness (QED) is 0.802. The van der Waals surface area contributed by atoms with Crippen LogP contribution in [0.5, 0.6) is 0 Å². The number of thioether (sulfide) groups is 1. The minimum absolute atomic E-state index is 0.0429. The Kier molecular flexibility index (Phi) is 6.50. The van der Waals surface area contributed by atoms with Crippen LogP contribution in [0.15, 0.2) is 11.3 Å². The van der Waals surface area contributed by atoms with Crippen molar-refractivity contribution >= 4 is 28.9 Å². The summed E-state index contributed by atoms with van der Waals surface area (Å²) in [4.78, 5) is 36.1. The number of allylic oxidation sites excluding steroid dienone is 1. The van der Waals surface area contributed by atoms with Gasteiger partial charge in [0.15, 0.2) is 5.12 Å². The highest BCUT2D eigenvalue weighted by atomic mass is 32.2. The maximum atomic E-state index is 12.4. The number of aliphatic hydroxyl groups is 1. The molecule has 2 amide bonds. The molecule has 0 aliphatic heterocycles. The molecule has 136 valence electrons. The van der Waals surface area contributed by atoms with Crippen molar-refractivity contribution in [1.29, 1.82) is 0 Å². The molecule has 0 aromatic carbocycles. The monoisotopic (exact) mass is 357 g/mol. The Hall–Kier alpha value is -1.50. The van der Waals surface area contributed by atoms with E-state index in [0.29, 0.717) is 12.8 Å². The number of carbonyl (C=O) groups is 3. The van der Waals surface area contributed by atoms with Crippen molar-refractivity contribution < 1.29 is 24.2 Å². The Labute approximate surface area is 147 Å². The van der Waals surface area contributed by atoms with Crippen molar-refractivity contribution in [3.63, 3.8) is 0 Å². The molecular formula is C17H27NO5S. The molecule has 7 heteroatoms. The minimum Gasteiger partial charge on any atom is -0.512 e. The molecule has 0 saturated heterocycles. The van der Waals surface area contributed by atoms with E-state index in [1.165, 1.54) is 11.8 Å². The van der Waals surface area contributed by atoms with Gasteiger partial charge in [0.05, 0.1) is 12.7 Å². The predicted octanol–water partition coefficient (Wildman–Crippen LogP) is 3.57. The molecule has 1 atom stereocenters. The fourth-order valence-electron chi connectivity index (χ4n) is 2.77. The van der Waals surface area contributed by atoms with Crippen LogP contribution in [0.2, 0.25) is 0 Å². The second-order valence-corrected chi connectivity index (χ2v) is 9.52. The number of hydrogen-bond acceptors (Lipinski definition) is 6. The molecular weight excluding hydrogens is 330 g/mol. The molecule has 0 aromatic rings. The molecule has 0 spiro atoms. The summed E-state index contributed by atoms with van der Waals surface area (Å²) in [5.41, 5.74) is -0.233. The average Bonchev–Trinajstić information content (AvgIpc) is 2.41. The van der Waals surface area contributed by atoms with Gasteiger partial charge in [-0.25, -0.2) is 4.79 Å². The van der Waals surface area contributed by atoms with Gasteiger partial charge < -0.3 is 9.84 Å². The molecule has 0 saturated carbocycles. The second kappa shape index (κ2) is 7.59. The van der Waals surface area contributed by atoms with E-state index in [9.17, 15) is 19.5 Å². The highest BCUT2D eigenvalue weighted by Crippen LogP contribution is 2.46. The Morgan fingerprint density at radius 3 is 2.42 bits per heavy atom. The smallest absolute Gasteiger partial charge is 0.413 e. The lowest BCUT2D eigenvalue weighted by Gasteiger charge is -2.39. The number of ether oxygens (including phenoxy) is 1. The lowest BCUT2D eigenvalue weighted by Crippen LogP contribution is -2.41. The molecule has 0 aromatic heterocycles. The Morgan fingerprint density at radius 2 is 1.92 bits per heavy atom. The molecule has 1 aliphatic carbocycles. The summed E-state index contributed by atoms with van der Waals surface area (Å²) < 4.78 is 4.21. The number of nitrogens with one attached hydrogen (secondary N) is 1. The molecule has 0 bridgehead atoms. The van der Waals surface area contributed by atoms with Gasteiger partial charge in [-0.3, -0.25) is 14.9 Å². The Balaban J connectivity index is 3.09. The number of carbonyl (C=O) groups excluding carboxylic acids is 3. The Bertz CT molecular complexity index is 560. The molecule has 0 unspecified atom stereocenters. The second-order valence-electron chi connectivity index (χ2n) is 7.64. The lowest BCUT2D eigenvalue weighted by molar-refractivity contribution is -0.118. The molecule has 24 heavy (non-hydrogen) atoms. The van der Waals surface area contributed by atoms with Crippen molar-refractivity contribution in [2.75, 3.05) is 7.11 Å². The number of hydrogen-bond donors (Lipinski definition) is 2. The third kappa shape index (κ3) is 5.54. The number of alkyl carbamates (subject to hydrolysis) is 1. The SMILES string of the molecule is COC(=O)NC(=O)C1=C(O)CCC(C)(C)[C@@H]1CC(=O)SC(C)(C)C. The summed E-state index contributed by atoms with van der Waals surface area (Å²) in [6, 6.07) is 0. The zero-order valence-corrected chi connectivity index (χ0v) is 16.0. The average molecular weight is 357 g/mol. The van der Waals surface area contributed by atoms with Crippen LogP contribution < -0.4 is 5.32 Å². The summed E-state index contributed by atoms with van der Waals surface area (Å²) in [5, 5.41) is 12.3. The number of imide groups is 1. The van der Waals surface area contributed by atoms with E-state index < -0.39 is 17.9 Å². The topological polar surface area (TPSA) is 92.7 Å². The van der Waals surface area contributed by atoms with Crippen molar-refractivity contribution in [3.05, 3.63) is 11.3 Å². The van der Waals surface area contributed by atoms with E-state index in [0.717, 1.165) is 7.11 Å². The molecule has 0 radical (unpaired) electrons. The summed E-state index contributed by atoms with van der Waals surface area (Å²) in [6.45, 7) is 9.76. The van der Waals surface area contributed by atoms with Gasteiger partial charge in [-0.15, -0.1) is 0 Å². The number of amides is 2. The number of methoxy groups -OCH3 is 1. The summed E-state index contributed by atoms with van der Waals surface area (Å²) in [7, 11) is 1.16. The van der Waals surface area contributed by atoms with Gasteiger partial charge >= 0.3 is 6.09 Å². The molecule has 1 aliphatic rings. The van der Waals surface area contributed by atoms with E-state index in [1.54, 1.807) is 0 Å². The van der Waals surface area contributed by atoms with Gasteiger partial charge in [0.2, 0.25) is 0 Å². The van der Waals surface area contributed by atoms with Crippen LogP contribution in [0.25, 0.3) is 0 Å². The predicted molar refractivity (Wildman–Crippen MR) is 93.7 cm³/mol. The lowest BCUT2D eigenvalue weighted by atomic mass is 9.66. The fourth-order valence-corrected chi connectivity index (χ4v) is 3.70.